The number of carbonyl (C=O) groups is 1. The number of hydrogen-bond acceptors (Lipinski definition) is 4. The van der Waals surface area contributed by atoms with E-state index in [1.54, 1.807) is 18.5 Å². The first-order valence-electron chi connectivity index (χ1n) is 6.72. The van der Waals surface area contributed by atoms with Gasteiger partial charge in [-0.3, -0.25) is 15.1 Å². The Balaban J connectivity index is 1.65. The number of anilines is 1. The van der Waals surface area contributed by atoms with Gasteiger partial charge in [-0.15, -0.1) is 0 Å². The molecule has 5 heteroatoms. The third kappa shape index (κ3) is 3.65. The summed E-state index contributed by atoms with van der Waals surface area (Å²) in [5, 5.41) is 3.33. The number of pyridine rings is 1. The molecule has 0 aliphatic carbocycles. The van der Waals surface area contributed by atoms with Gasteiger partial charge < -0.3 is 0 Å². The molecule has 0 fully saturated rings. The highest BCUT2D eigenvalue weighted by Crippen LogP contribution is 2.28. The minimum atomic E-state index is -0.223. The van der Waals surface area contributed by atoms with E-state index in [9.17, 15) is 4.79 Å². The number of nitrogens with zero attached hydrogens (tertiary/aromatic N) is 2. The van der Waals surface area contributed by atoms with Gasteiger partial charge >= 0.3 is 0 Å². The Morgan fingerprint density at radius 2 is 1.86 bits per heavy atom. The van der Waals surface area contributed by atoms with Crippen LogP contribution in [-0.2, 0) is 4.79 Å². The number of rotatable bonds is 4. The fourth-order valence-electron chi connectivity index (χ4n) is 1.85. The lowest BCUT2D eigenvalue weighted by atomic mass is 10.2. The van der Waals surface area contributed by atoms with E-state index in [2.05, 4.69) is 15.3 Å². The maximum atomic E-state index is 11.9. The first kappa shape index (κ1) is 14.2. The fourth-order valence-corrected chi connectivity index (χ4v) is 2.68. The normalized spacial score (nSPS) is 10.7. The number of nitrogens with one attached hydrogen (secondary N) is 1. The Hall–Kier alpha value is -2.79. The molecule has 0 bridgehead atoms. The summed E-state index contributed by atoms with van der Waals surface area (Å²) < 4.78 is 0. The Labute approximate surface area is 132 Å². The minimum absolute atomic E-state index is 0.223. The maximum absolute atomic E-state index is 11.9. The largest absolute Gasteiger partial charge is 0.298 e. The summed E-state index contributed by atoms with van der Waals surface area (Å²) in [6.45, 7) is 0. The van der Waals surface area contributed by atoms with E-state index in [0.29, 0.717) is 5.13 Å². The predicted molar refractivity (Wildman–Crippen MR) is 89.5 cm³/mol. The van der Waals surface area contributed by atoms with Crippen LogP contribution in [0.15, 0.2) is 67.0 Å². The van der Waals surface area contributed by atoms with E-state index in [4.69, 9.17) is 0 Å². The predicted octanol–water partition coefficient (Wildman–Crippen LogP) is 3.86. The second-order valence-corrected chi connectivity index (χ2v) is 5.50. The van der Waals surface area contributed by atoms with Gasteiger partial charge in [-0.05, 0) is 23.8 Å². The standard InChI is InChI=1S/C17H13N3OS/c21-16(10-9-14-8-4-5-11-18-14)20-17-19-12-15(22-17)13-6-2-1-3-7-13/h1-12H,(H,19,20,21)/b10-9+. The average Bonchev–Trinajstić information content (AvgIpc) is 3.03. The van der Waals surface area contributed by atoms with Crippen LogP contribution in [0.3, 0.4) is 0 Å². The van der Waals surface area contributed by atoms with Crippen molar-refractivity contribution in [3.8, 4) is 10.4 Å². The molecule has 3 aromatic rings. The van der Waals surface area contributed by atoms with E-state index in [1.165, 1.54) is 17.4 Å². The number of benzene rings is 1. The van der Waals surface area contributed by atoms with Crippen LogP contribution in [0.1, 0.15) is 5.69 Å². The third-order valence-corrected chi connectivity index (χ3v) is 3.85. The highest BCUT2D eigenvalue weighted by Gasteiger charge is 2.05. The van der Waals surface area contributed by atoms with Gasteiger partial charge in [-0.1, -0.05) is 47.7 Å². The van der Waals surface area contributed by atoms with Crippen molar-refractivity contribution in [2.45, 2.75) is 0 Å². The molecule has 3 rings (SSSR count). The molecule has 0 aliphatic heterocycles. The van der Waals surface area contributed by atoms with Gasteiger partial charge in [-0.25, -0.2) is 4.98 Å². The molecule has 0 spiro atoms. The van der Waals surface area contributed by atoms with Crippen molar-refractivity contribution in [2.24, 2.45) is 0 Å². The van der Waals surface area contributed by atoms with Crippen LogP contribution in [0.5, 0.6) is 0 Å². The second-order valence-electron chi connectivity index (χ2n) is 4.47. The molecule has 0 radical (unpaired) electrons. The van der Waals surface area contributed by atoms with E-state index in [0.717, 1.165) is 16.1 Å². The van der Waals surface area contributed by atoms with Crippen molar-refractivity contribution in [2.75, 3.05) is 5.32 Å². The number of thiazole rings is 1. The zero-order valence-electron chi connectivity index (χ0n) is 11.6. The molecule has 2 aromatic heterocycles. The van der Waals surface area contributed by atoms with E-state index in [1.807, 2.05) is 48.5 Å². The number of carbonyl (C=O) groups excluding carboxylic acids is 1. The molecule has 4 nitrogen and oxygen atoms in total. The highest BCUT2D eigenvalue weighted by atomic mass is 32.1. The minimum Gasteiger partial charge on any atom is -0.298 e. The molecule has 0 aliphatic rings. The number of aromatic nitrogens is 2. The maximum Gasteiger partial charge on any atom is 0.250 e. The molecule has 22 heavy (non-hydrogen) atoms. The van der Waals surface area contributed by atoms with Crippen LogP contribution in [-0.4, -0.2) is 15.9 Å². The third-order valence-electron chi connectivity index (χ3n) is 2.89. The molecule has 0 saturated heterocycles. The van der Waals surface area contributed by atoms with Crippen LogP contribution in [0, 0.1) is 0 Å². The second kappa shape index (κ2) is 6.78. The summed E-state index contributed by atoms with van der Waals surface area (Å²) in [6, 6.07) is 15.5. The van der Waals surface area contributed by atoms with Gasteiger partial charge in [0.15, 0.2) is 5.13 Å². The van der Waals surface area contributed by atoms with Crippen molar-refractivity contribution in [1.82, 2.24) is 9.97 Å². The van der Waals surface area contributed by atoms with Crippen molar-refractivity contribution in [1.29, 1.82) is 0 Å². The zero-order chi connectivity index (χ0) is 15.2. The van der Waals surface area contributed by atoms with Gasteiger partial charge in [0, 0.05) is 18.5 Å². The highest BCUT2D eigenvalue weighted by molar-refractivity contribution is 7.19. The van der Waals surface area contributed by atoms with Crippen LogP contribution in [0.4, 0.5) is 5.13 Å². The van der Waals surface area contributed by atoms with Crippen molar-refractivity contribution in [3.05, 3.63) is 72.7 Å². The topological polar surface area (TPSA) is 54.9 Å². The lowest BCUT2D eigenvalue weighted by Gasteiger charge is -1.96. The van der Waals surface area contributed by atoms with Crippen molar-refractivity contribution >= 4 is 28.5 Å². The molecule has 0 unspecified atom stereocenters. The number of amides is 1. The van der Waals surface area contributed by atoms with Crippen LogP contribution in [0.2, 0.25) is 0 Å². The summed E-state index contributed by atoms with van der Waals surface area (Å²) in [5.74, 6) is -0.223. The summed E-state index contributed by atoms with van der Waals surface area (Å²) in [6.07, 6.45) is 6.57. The Bertz CT molecular complexity index is 782. The van der Waals surface area contributed by atoms with Gasteiger partial charge in [0.2, 0.25) is 5.91 Å². The summed E-state index contributed by atoms with van der Waals surface area (Å²) in [4.78, 5) is 21.2. The molecule has 0 atom stereocenters. The molecular weight excluding hydrogens is 294 g/mol. The Morgan fingerprint density at radius 3 is 2.64 bits per heavy atom. The molecule has 1 N–H and O–H groups in total. The molecule has 108 valence electrons. The van der Waals surface area contributed by atoms with Crippen molar-refractivity contribution in [3.63, 3.8) is 0 Å². The molecule has 0 saturated carbocycles. The molecule has 2 heterocycles. The van der Waals surface area contributed by atoms with Crippen LogP contribution in [0.25, 0.3) is 16.5 Å². The summed E-state index contributed by atoms with van der Waals surface area (Å²) in [5.41, 5.74) is 1.83. The Kier molecular flexibility index (Phi) is 4.36. The molecule has 1 amide bonds. The van der Waals surface area contributed by atoms with E-state index in [-0.39, 0.29) is 5.91 Å². The van der Waals surface area contributed by atoms with Crippen LogP contribution < -0.4 is 5.32 Å². The first-order valence-corrected chi connectivity index (χ1v) is 7.54. The Morgan fingerprint density at radius 1 is 1.05 bits per heavy atom. The fraction of sp³-hybridized carbons (Fsp3) is 0. The monoisotopic (exact) mass is 307 g/mol. The van der Waals surface area contributed by atoms with Gasteiger partial charge in [0.05, 0.1) is 10.6 Å². The average molecular weight is 307 g/mol. The first-order chi connectivity index (χ1) is 10.8. The van der Waals surface area contributed by atoms with Gasteiger partial charge in [0.25, 0.3) is 0 Å². The SMILES string of the molecule is O=C(/C=C/c1ccccn1)Nc1ncc(-c2ccccc2)s1. The van der Waals surface area contributed by atoms with Crippen molar-refractivity contribution < 1.29 is 4.79 Å². The van der Waals surface area contributed by atoms with Gasteiger partial charge in [0.1, 0.15) is 0 Å². The molecule has 1 aromatic carbocycles. The lowest BCUT2D eigenvalue weighted by molar-refractivity contribution is -0.111. The molecular formula is C17H13N3OS. The summed E-state index contributed by atoms with van der Waals surface area (Å²) in [7, 11) is 0. The lowest BCUT2D eigenvalue weighted by Crippen LogP contribution is -2.07. The van der Waals surface area contributed by atoms with Crippen LogP contribution >= 0.6 is 11.3 Å². The summed E-state index contributed by atoms with van der Waals surface area (Å²) >= 11 is 1.44. The quantitative estimate of drug-likeness (QED) is 0.745. The smallest absolute Gasteiger partial charge is 0.250 e. The zero-order valence-corrected chi connectivity index (χ0v) is 12.5. The van der Waals surface area contributed by atoms with Gasteiger partial charge in [-0.2, -0.15) is 0 Å². The number of hydrogen-bond donors (Lipinski definition) is 1. The van der Waals surface area contributed by atoms with E-state index < -0.39 is 0 Å². The van der Waals surface area contributed by atoms with E-state index >= 15 is 0 Å².